The summed E-state index contributed by atoms with van der Waals surface area (Å²) >= 11 is 0. The summed E-state index contributed by atoms with van der Waals surface area (Å²) in [5, 5.41) is 12.6. The van der Waals surface area contributed by atoms with Gasteiger partial charge in [-0.2, -0.15) is 0 Å². The van der Waals surface area contributed by atoms with Crippen LogP contribution in [-0.4, -0.2) is 24.6 Å². The predicted molar refractivity (Wildman–Crippen MR) is 248 cm³/mol. The molecule has 5 nitrogen and oxygen atoms in total. The molecule has 60 heavy (non-hydrogen) atoms. The number of para-hydroxylation sites is 1. The number of aromatic nitrogens is 4. The topological polar surface area (TPSA) is 63.8 Å². The quantitative estimate of drug-likeness (QED) is 0.175. The van der Waals surface area contributed by atoms with Crippen molar-refractivity contribution in [3.05, 3.63) is 187 Å². The van der Waals surface area contributed by atoms with E-state index >= 15 is 0 Å². The van der Waals surface area contributed by atoms with Gasteiger partial charge in [-0.1, -0.05) is 163 Å². The molecule has 0 bridgehead atoms. The predicted octanol–water partition coefficient (Wildman–Crippen LogP) is 14.1. The van der Waals surface area contributed by atoms with E-state index in [4.69, 9.17) is 15.0 Å². The van der Waals surface area contributed by atoms with Crippen molar-refractivity contribution < 1.29 is 5.11 Å². The van der Waals surface area contributed by atoms with Gasteiger partial charge in [-0.05, 0) is 86.7 Å². The van der Waals surface area contributed by atoms with Crippen LogP contribution in [0.4, 0.5) is 0 Å². The Morgan fingerprint density at radius 2 is 1.03 bits per heavy atom. The van der Waals surface area contributed by atoms with Gasteiger partial charge in [0.1, 0.15) is 11.3 Å². The Kier molecular flexibility index (Phi) is 9.76. The van der Waals surface area contributed by atoms with Gasteiger partial charge in [-0.15, -0.1) is 0 Å². The van der Waals surface area contributed by atoms with Crippen LogP contribution in [-0.2, 0) is 10.8 Å². The van der Waals surface area contributed by atoms with Gasteiger partial charge in [0.2, 0.25) is 0 Å². The lowest BCUT2D eigenvalue weighted by atomic mass is 9.79. The maximum atomic E-state index is 12.6. The maximum absolute atomic E-state index is 12.6. The second kappa shape index (κ2) is 15.2. The molecule has 9 aromatic rings. The van der Waals surface area contributed by atoms with Crippen molar-refractivity contribution in [3.8, 4) is 78.6 Å². The number of aromatic hydroxyl groups is 1. The molecule has 0 aliphatic rings. The highest BCUT2D eigenvalue weighted by Crippen LogP contribution is 2.47. The molecule has 0 saturated heterocycles. The number of pyridine rings is 2. The number of phenols is 1. The third kappa shape index (κ3) is 7.17. The summed E-state index contributed by atoms with van der Waals surface area (Å²) in [6.45, 7) is 13.1. The first-order chi connectivity index (χ1) is 29.0. The number of fused-ring (bicyclic) bond motifs is 1. The summed E-state index contributed by atoms with van der Waals surface area (Å²) in [4.78, 5) is 15.6. The number of rotatable bonds is 7. The van der Waals surface area contributed by atoms with Crippen LogP contribution < -0.4 is 0 Å². The molecule has 0 fully saturated rings. The maximum Gasteiger partial charge on any atom is 0.165 e. The minimum absolute atomic E-state index is 0.209. The van der Waals surface area contributed by atoms with Crippen LogP contribution in [0.5, 0.6) is 5.75 Å². The Morgan fingerprint density at radius 1 is 0.450 bits per heavy atom. The van der Waals surface area contributed by atoms with E-state index in [1.54, 1.807) is 0 Å². The van der Waals surface area contributed by atoms with Crippen molar-refractivity contribution in [2.75, 3.05) is 0 Å². The average Bonchev–Trinajstić information content (AvgIpc) is 3.65. The van der Waals surface area contributed by atoms with Gasteiger partial charge < -0.3 is 5.11 Å². The van der Waals surface area contributed by atoms with Gasteiger partial charge in [0.05, 0.1) is 16.9 Å². The summed E-state index contributed by atoms with van der Waals surface area (Å²) in [6, 6.07) is 56.9. The van der Waals surface area contributed by atoms with Gasteiger partial charge in [-0.3, -0.25) is 9.55 Å². The van der Waals surface area contributed by atoms with E-state index in [0.29, 0.717) is 17.0 Å². The van der Waals surface area contributed by atoms with Gasteiger partial charge in [-0.25, -0.2) is 9.97 Å². The van der Waals surface area contributed by atoms with E-state index in [0.717, 1.165) is 78.1 Å². The molecular formula is C55H48N4O. The number of phenolic OH excluding ortho intramolecular Hbond substituents is 1. The Labute approximate surface area is 352 Å². The van der Waals surface area contributed by atoms with Crippen LogP contribution in [0.3, 0.4) is 0 Å². The van der Waals surface area contributed by atoms with Gasteiger partial charge in [0.25, 0.3) is 0 Å². The third-order valence-electron chi connectivity index (χ3n) is 11.3. The SMILES string of the molecule is CC(C)(C)c1cc(-c2nc3c(-c4cc(-c5ccccc5)cc(-c5ccccn5)c4)ccnc3n2-c2c(-c3ccccc3)cccc2-c2ccccc2)c(O)c(C(C)(C)C)c1. The van der Waals surface area contributed by atoms with Crippen LogP contribution in [0, 0.1) is 0 Å². The molecule has 0 unspecified atom stereocenters. The molecule has 0 aliphatic carbocycles. The third-order valence-corrected chi connectivity index (χ3v) is 11.3. The second-order valence-corrected chi connectivity index (χ2v) is 17.5. The van der Waals surface area contributed by atoms with Crippen molar-refractivity contribution in [2.24, 2.45) is 0 Å². The van der Waals surface area contributed by atoms with E-state index in [9.17, 15) is 5.11 Å². The largest absolute Gasteiger partial charge is 0.507 e. The van der Waals surface area contributed by atoms with Gasteiger partial charge >= 0.3 is 0 Å². The highest BCUT2D eigenvalue weighted by atomic mass is 16.3. The fraction of sp³-hybridized carbons (Fsp3) is 0.145. The standard InChI is InChI=1S/C55H48N4O/c1-54(2,3)42-34-46(51(60)47(35-42)55(4,5)6)52-58-49-43(40-31-39(36-19-10-7-11-20-36)32-41(33-40)48-27-16-17-29-56-48)28-30-57-53(49)59(52)50-44(37-21-12-8-13-22-37)25-18-26-45(50)38-23-14-9-15-24-38/h7-35,60H,1-6H3. The van der Waals surface area contributed by atoms with Gasteiger partial charge in [0, 0.05) is 40.2 Å². The fourth-order valence-corrected chi connectivity index (χ4v) is 8.16. The number of nitrogens with zero attached hydrogens (tertiary/aromatic N) is 4. The molecule has 9 rings (SSSR count). The summed E-state index contributed by atoms with van der Waals surface area (Å²) in [5.74, 6) is 0.833. The molecule has 3 heterocycles. The van der Waals surface area contributed by atoms with E-state index in [1.165, 1.54) is 0 Å². The van der Waals surface area contributed by atoms with Crippen LogP contribution in [0.2, 0.25) is 0 Å². The summed E-state index contributed by atoms with van der Waals surface area (Å²) in [6.07, 6.45) is 3.72. The molecule has 0 saturated carbocycles. The minimum atomic E-state index is -0.350. The number of imidazole rings is 1. The molecule has 6 aromatic carbocycles. The first-order valence-electron chi connectivity index (χ1n) is 20.6. The lowest BCUT2D eigenvalue weighted by Crippen LogP contribution is -2.17. The van der Waals surface area contributed by atoms with Gasteiger partial charge in [0.15, 0.2) is 11.5 Å². The lowest BCUT2D eigenvalue weighted by Gasteiger charge is -2.28. The summed E-state index contributed by atoms with van der Waals surface area (Å²) in [5.41, 5.74) is 14.6. The normalized spacial score (nSPS) is 11.9. The Hall–Kier alpha value is -7.11. The molecule has 1 N–H and O–H groups in total. The molecule has 3 aromatic heterocycles. The second-order valence-electron chi connectivity index (χ2n) is 17.5. The van der Waals surface area contributed by atoms with E-state index in [-0.39, 0.29) is 16.6 Å². The van der Waals surface area contributed by atoms with E-state index in [2.05, 4.69) is 174 Å². The summed E-state index contributed by atoms with van der Waals surface area (Å²) in [7, 11) is 0. The number of hydrogen-bond acceptors (Lipinski definition) is 4. The first kappa shape index (κ1) is 38.4. The molecule has 0 atom stereocenters. The molecule has 0 aliphatic heterocycles. The van der Waals surface area contributed by atoms with E-state index < -0.39 is 0 Å². The Balaban J connectivity index is 1.43. The average molecular weight is 781 g/mol. The van der Waals surface area contributed by atoms with E-state index in [1.807, 2.05) is 48.8 Å². The van der Waals surface area contributed by atoms with Crippen LogP contribution in [0.25, 0.3) is 84.0 Å². The van der Waals surface area contributed by atoms with Crippen molar-refractivity contribution >= 4 is 11.2 Å². The van der Waals surface area contributed by atoms with Crippen LogP contribution in [0.1, 0.15) is 52.7 Å². The molecular weight excluding hydrogens is 733 g/mol. The molecule has 0 amide bonds. The molecule has 0 spiro atoms. The van der Waals surface area contributed by atoms with Crippen molar-refractivity contribution in [1.29, 1.82) is 0 Å². The first-order valence-corrected chi connectivity index (χ1v) is 20.6. The number of hydrogen-bond donors (Lipinski definition) is 1. The molecule has 294 valence electrons. The lowest BCUT2D eigenvalue weighted by molar-refractivity contribution is 0.446. The minimum Gasteiger partial charge on any atom is -0.507 e. The fourth-order valence-electron chi connectivity index (χ4n) is 8.16. The van der Waals surface area contributed by atoms with Crippen molar-refractivity contribution in [3.63, 3.8) is 0 Å². The number of benzene rings is 6. The Bertz CT molecular complexity index is 2860. The zero-order valence-electron chi connectivity index (χ0n) is 35.0. The monoisotopic (exact) mass is 780 g/mol. The smallest absolute Gasteiger partial charge is 0.165 e. The summed E-state index contributed by atoms with van der Waals surface area (Å²) < 4.78 is 2.19. The van der Waals surface area contributed by atoms with Crippen LogP contribution >= 0.6 is 0 Å². The highest BCUT2D eigenvalue weighted by molar-refractivity contribution is 5.98. The van der Waals surface area contributed by atoms with Crippen molar-refractivity contribution in [1.82, 2.24) is 19.5 Å². The molecule has 0 radical (unpaired) electrons. The highest BCUT2D eigenvalue weighted by Gasteiger charge is 2.30. The Morgan fingerprint density at radius 3 is 1.62 bits per heavy atom. The molecule has 5 heteroatoms. The zero-order chi connectivity index (χ0) is 41.6. The van der Waals surface area contributed by atoms with Crippen LogP contribution in [0.15, 0.2) is 176 Å². The van der Waals surface area contributed by atoms with Crippen molar-refractivity contribution in [2.45, 2.75) is 52.4 Å². The zero-order valence-corrected chi connectivity index (χ0v) is 35.0.